The van der Waals surface area contributed by atoms with E-state index in [0.29, 0.717) is 13.1 Å². The van der Waals surface area contributed by atoms with Gasteiger partial charge in [0.25, 0.3) is 0 Å². The lowest BCUT2D eigenvalue weighted by Gasteiger charge is -2.43. The van der Waals surface area contributed by atoms with E-state index in [-0.39, 0.29) is 24.1 Å². The van der Waals surface area contributed by atoms with Gasteiger partial charge in [-0.05, 0) is 18.4 Å². The average molecular weight is 397 g/mol. The standard InChI is InChI=1S/C19H23N7O3/c1-11-4-6-26(14(7-16(21)27)13(8-20)19(28)29)9-15(11)25(2)18-12-3-5-22-17(12)23-10-24-18/h3,5,10-11,15H,4,6-7,9H2,1-2H3,(H2,21,27)(H,28,29)(H,22,23,24)/b14-13+/t11-,15+/m1/s1. The number of primary amides is 1. The number of hydrogen-bond donors (Lipinski definition) is 3. The van der Waals surface area contributed by atoms with E-state index in [1.54, 1.807) is 17.2 Å². The number of nitrogens with one attached hydrogen (secondary N) is 1. The number of carboxylic acids is 1. The maximum atomic E-state index is 11.5. The van der Waals surface area contributed by atoms with Crippen LogP contribution in [0.25, 0.3) is 11.0 Å². The molecule has 0 bridgehead atoms. The smallest absolute Gasteiger partial charge is 0.348 e. The van der Waals surface area contributed by atoms with E-state index in [0.717, 1.165) is 23.3 Å². The van der Waals surface area contributed by atoms with Gasteiger partial charge in [0, 0.05) is 32.0 Å². The molecule has 3 rings (SSSR count). The largest absolute Gasteiger partial charge is 0.477 e. The first-order chi connectivity index (χ1) is 13.8. The fourth-order valence-corrected chi connectivity index (χ4v) is 3.85. The number of H-pyrrole nitrogens is 1. The van der Waals surface area contributed by atoms with Crippen molar-refractivity contribution in [3.05, 3.63) is 29.9 Å². The summed E-state index contributed by atoms with van der Waals surface area (Å²) in [6.07, 6.45) is 3.76. The molecule has 1 aliphatic rings. The number of carbonyl (C=O) groups excluding carboxylic acids is 1. The van der Waals surface area contributed by atoms with E-state index in [9.17, 15) is 20.0 Å². The summed E-state index contributed by atoms with van der Waals surface area (Å²) in [6, 6.07) is 3.59. The number of amides is 1. The van der Waals surface area contributed by atoms with Crippen molar-refractivity contribution >= 4 is 28.7 Å². The zero-order valence-electron chi connectivity index (χ0n) is 16.3. The molecule has 2 aromatic rings. The first kappa shape index (κ1) is 20.1. The molecule has 4 N–H and O–H groups in total. The molecule has 0 aliphatic carbocycles. The van der Waals surface area contributed by atoms with Gasteiger partial charge in [-0.1, -0.05) is 6.92 Å². The number of fused-ring (bicyclic) bond motifs is 1. The number of aromatic nitrogens is 3. The zero-order valence-corrected chi connectivity index (χ0v) is 16.3. The van der Waals surface area contributed by atoms with Gasteiger partial charge in [0.2, 0.25) is 5.91 Å². The number of piperidine rings is 1. The minimum Gasteiger partial charge on any atom is -0.477 e. The summed E-state index contributed by atoms with van der Waals surface area (Å²) in [6.45, 7) is 3.10. The normalized spacial score (nSPS) is 20.1. The molecule has 1 saturated heterocycles. The molecule has 1 aliphatic heterocycles. The van der Waals surface area contributed by atoms with E-state index in [2.05, 4.69) is 21.9 Å². The highest BCUT2D eigenvalue weighted by molar-refractivity contribution is 5.93. The third kappa shape index (κ3) is 3.99. The third-order valence-corrected chi connectivity index (χ3v) is 5.42. The average Bonchev–Trinajstić information content (AvgIpc) is 3.16. The SMILES string of the molecule is C[C@@H]1CCN(/C(CC(N)=O)=C(\C#N)C(=O)O)C[C@@H]1N(C)c1ncnc2[nH]ccc12. The van der Waals surface area contributed by atoms with Crippen molar-refractivity contribution in [3.63, 3.8) is 0 Å². The zero-order chi connectivity index (χ0) is 21.1. The van der Waals surface area contributed by atoms with E-state index in [1.807, 2.05) is 18.0 Å². The van der Waals surface area contributed by atoms with Gasteiger partial charge >= 0.3 is 5.97 Å². The summed E-state index contributed by atoms with van der Waals surface area (Å²) in [5.74, 6) is -1.00. The predicted molar refractivity (Wildman–Crippen MR) is 106 cm³/mol. The Hall–Kier alpha value is -3.61. The highest BCUT2D eigenvalue weighted by Crippen LogP contribution is 2.31. The minimum absolute atomic E-state index is 0.0200. The highest BCUT2D eigenvalue weighted by Gasteiger charge is 2.33. The van der Waals surface area contributed by atoms with Crippen LogP contribution in [0.2, 0.25) is 0 Å². The van der Waals surface area contributed by atoms with E-state index < -0.39 is 17.4 Å². The number of hydrogen-bond acceptors (Lipinski definition) is 7. The summed E-state index contributed by atoms with van der Waals surface area (Å²) in [4.78, 5) is 38.6. The molecule has 0 saturated carbocycles. The lowest BCUT2D eigenvalue weighted by atomic mass is 9.91. The van der Waals surface area contributed by atoms with E-state index in [4.69, 9.17) is 5.73 Å². The van der Waals surface area contributed by atoms with Crippen molar-refractivity contribution in [1.82, 2.24) is 19.9 Å². The Kier molecular flexibility index (Phi) is 5.68. The van der Waals surface area contributed by atoms with Crippen LogP contribution in [0.4, 0.5) is 5.82 Å². The Bertz CT molecular complexity index is 1010. The van der Waals surface area contributed by atoms with Crippen molar-refractivity contribution in [1.29, 1.82) is 5.26 Å². The molecule has 10 heteroatoms. The van der Waals surface area contributed by atoms with Crippen LogP contribution in [0.3, 0.4) is 0 Å². The Balaban J connectivity index is 1.95. The second kappa shape index (κ2) is 8.18. The van der Waals surface area contributed by atoms with Gasteiger partial charge in [0.15, 0.2) is 5.57 Å². The summed E-state index contributed by atoms with van der Waals surface area (Å²) >= 11 is 0. The van der Waals surface area contributed by atoms with Crippen LogP contribution in [-0.2, 0) is 9.59 Å². The van der Waals surface area contributed by atoms with Crippen LogP contribution < -0.4 is 10.6 Å². The monoisotopic (exact) mass is 397 g/mol. The Morgan fingerprint density at radius 2 is 2.24 bits per heavy atom. The van der Waals surface area contributed by atoms with Crippen LogP contribution >= 0.6 is 0 Å². The fraction of sp³-hybridized carbons (Fsp3) is 0.421. The Labute approximate surface area is 167 Å². The molecular weight excluding hydrogens is 374 g/mol. The van der Waals surface area contributed by atoms with Gasteiger partial charge in [0.05, 0.1) is 17.8 Å². The lowest BCUT2D eigenvalue weighted by Crippen LogP contribution is -2.51. The number of carboxylic acid groups (broad SMARTS) is 1. The molecule has 0 spiro atoms. The van der Waals surface area contributed by atoms with Crippen molar-refractivity contribution in [2.45, 2.75) is 25.8 Å². The van der Waals surface area contributed by atoms with Crippen molar-refractivity contribution in [3.8, 4) is 6.07 Å². The first-order valence-corrected chi connectivity index (χ1v) is 9.24. The number of nitrogens with zero attached hydrogens (tertiary/aromatic N) is 5. The third-order valence-electron chi connectivity index (χ3n) is 5.42. The maximum Gasteiger partial charge on any atom is 0.348 e. The molecule has 0 aromatic carbocycles. The van der Waals surface area contributed by atoms with Gasteiger partial charge in [-0.2, -0.15) is 5.26 Å². The van der Waals surface area contributed by atoms with Crippen LogP contribution in [0.1, 0.15) is 19.8 Å². The fourth-order valence-electron chi connectivity index (χ4n) is 3.85. The molecule has 2 aromatic heterocycles. The van der Waals surface area contributed by atoms with Crippen molar-refractivity contribution in [2.24, 2.45) is 11.7 Å². The number of likely N-dealkylation sites (N-methyl/N-ethyl adjacent to an activating group) is 1. The van der Waals surface area contributed by atoms with Crippen LogP contribution in [0.5, 0.6) is 0 Å². The topological polar surface area (TPSA) is 152 Å². The quantitative estimate of drug-likeness (QED) is 0.479. The summed E-state index contributed by atoms with van der Waals surface area (Å²) in [5.41, 5.74) is 5.76. The van der Waals surface area contributed by atoms with E-state index in [1.165, 1.54) is 6.33 Å². The summed E-state index contributed by atoms with van der Waals surface area (Å²) < 4.78 is 0. The maximum absolute atomic E-state index is 11.5. The molecule has 2 atom stereocenters. The van der Waals surface area contributed by atoms with Gasteiger partial charge in [-0.25, -0.2) is 14.8 Å². The molecule has 152 valence electrons. The van der Waals surface area contributed by atoms with Gasteiger partial charge in [-0.15, -0.1) is 0 Å². The Morgan fingerprint density at radius 3 is 2.90 bits per heavy atom. The summed E-state index contributed by atoms with van der Waals surface area (Å²) in [7, 11) is 1.93. The van der Waals surface area contributed by atoms with Crippen LogP contribution in [0, 0.1) is 17.2 Å². The summed E-state index contributed by atoms with van der Waals surface area (Å²) in [5, 5.41) is 19.6. The lowest BCUT2D eigenvalue weighted by molar-refractivity contribution is -0.132. The number of aliphatic carboxylic acids is 1. The van der Waals surface area contributed by atoms with Gasteiger partial charge in [0.1, 0.15) is 23.9 Å². The molecule has 3 heterocycles. The molecule has 0 unspecified atom stereocenters. The molecule has 1 amide bonds. The second-order valence-corrected chi connectivity index (χ2v) is 7.21. The number of anilines is 1. The predicted octanol–water partition coefficient (Wildman–Crippen LogP) is 0.842. The highest BCUT2D eigenvalue weighted by atomic mass is 16.4. The number of nitriles is 1. The van der Waals surface area contributed by atoms with Crippen molar-refractivity contribution in [2.75, 3.05) is 25.0 Å². The molecule has 0 radical (unpaired) electrons. The molecule has 1 fully saturated rings. The molecule has 10 nitrogen and oxygen atoms in total. The number of nitrogens with two attached hydrogens (primary N) is 1. The molecule has 29 heavy (non-hydrogen) atoms. The van der Waals surface area contributed by atoms with Gasteiger partial charge in [-0.3, -0.25) is 4.79 Å². The number of carbonyl (C=O) groups is 2. The Morgan fingerprint density at radius 1 is 1.48 bits per heavy atom. The minimum atomic E-state index is -1.36. The van der Waals surface area contributed by atoms with Crippen molar-refractivity contribution < 1.29 is 14.7 Å². The number of rotatable bonds is 6. The first-order valence-electron chi connectivity index (χ1n) is 9.24. The molecular formula is C19H23N7O3. The van der Waals surface area contributed by atoms with Crippen LogP contribution in [-0.4, -0.2) is 63.0 Å². The van der Waals surface area contributed by atoms with Gasteiger partial charge < -0.3 is 25.6 Å². The van der Waals surface area contributed by atoms with Crippen LogP contribution in [0.15, 0.2) is 29.9 Å². The number of aromatic amines is 1. The van der Waals surface area contributed by atoms with E-state index >= 15 is 0 Å². The second-order valence-electron chi connectivity index (χ2n) is 7.21. The number of likely N-dealkylation sites (tertiary alicyclic amines) is 1.